The number of carbonyl (C=O) groups excluding carboxylic acids is 1. The van der Waals surface area contributed by atoms with Gasteiger partial charge in [0.25, 0.3) is 0 Å². The fourth-order valence-electron chi connectivity index (χ4n) is 2.20. The third kappa shape index (κ3) is 6.31. The van der Waals surface area contributed by atoms with E-state index in [9.17, 15) is 4.79 Å². The monoisotopic (exact) mass is 362 g/mol. The summed E-state index contributed by atoms with van der Waals surface area (Å²) < 4.78 is 16.3. The van der Waals surface area contributed by atoms with E-state index >= 15 is 0 Å². The van der Waals surface area contributed by atoms with Crippen molar-refractivity contribution in [1.82, 2.24) is 0 Å². The van der Waals surface area contributed by atoms with Crippen molar-refractivity contribution in [3.63, 3.8) is 0 Å². The maximum Gasteiger partial charge on any atom is 0.305 e. The van der Waals surface area contributed by atoms with Crippen molar-refractivity contribution in [2.24, 2.45) is 5.92 Å². The summed E-state index contributed by atoms with van der Waals surface area (Å²) in [4.78, 5) is 11.3. The number of rotatable bonds is 8. The molecule has 0 radical (unpaired) electrons. The molecule has 2 rings (SSSR count). The normalized spacial score (nSPS) is 13.0. The molecule has 134 valence electrons. The lowest BCUT2D eigenvalue weighted by molar-refractivity contribution is -0.142. The molecule has 0 N–H and O–H groups in total. The Bertz CT molecular complexity index is 667. The topological polar surface area (TPSA) is 44.8 Å². The van der Waals surface area contributed by atoms with E-state index in [-0.39, 0.29) is 18.0 Å². The number of benzene rings is 2. The van der Waals surface area contributed by atoms with Crippen LogP contribution in [0.2, 0.25) is 5.02 Å². The van der Waals surface area contributed by atoms with Crippen molar-refractivity contribution in [2.45, 2.75) is 33.0 Å². The third-order valence-corrected chi connectivity index (χ3v) is 4.23. The zero-order chi connectivity index (χ0) is 18.2. The molecule has 0 aliphatic carbocycles. The van der Waals surface area contributed by atoms with Gasteiger partial charge in [-0.3, -0.25) is 4.79 Å². The Kier molecular flexibility index (Phi) is 7.14. The smallest absolute Gasteiger partial charge is 0.305 e. The fourth-order valence-corrected chi connectivity index (χ4v) is 2.33. The maximum atomic E-state index is 11.3. The average molecular weight is 363 g/mol. The molecule has 25 heavy (non-hydrogen) atoms. The van der Waals surface area contributed by atoms with E-state index in [1.54, 1.807) is 0 Å². The fraction of sp³-hybridized carbons (Fsp3) is 0.350. The highest BCUT2D eigenvalue weighted by molar-refractivity contribution is 6.30. The average Bonchev–Trinajstić information content (AvgIpc) is 2.62. The van der Waals surface area contributed by atoms with E-state index in [1.165, 1.54) is 7.11 Å². The van der Waals surface area contributed by atoms with Gasteiger partial charge in [-0.05, 0) is 48.9 Å². The molecule has 4 nitrogen and oxygen atoms in total. The first-order valence-electron chi connectivity index (χ1n) is 8.18. The van der Waals surface area contributed by atoms with E-state index in [0.717, 1.165) is 17.1 Å². The highest BCUT2D eigenvalue weighted by atomic mass is 35.5. The second-order valence-corrected chi connectivity index (χ2v) is 6.40. The summed E-state index contributed by atoms with van der Waals surface area (Å²) >= 11 is 5.87. The van der Waals surface area contributed by atoms with Crippen LogP contribution in [0, 0.1) is 5.92 Å². The first kappa shape index (κ1) is 19.1. The minimum Gasteiger partial charge on any atom is -0.490 e. The van der Waals surface area contributed by atoms with E-state index in [0.29, 0.717) is 18.1 Å². The third-order valence-electron chi connectivity index (χ3n) is 3.98. The minimum atomic E-state index is -0.228. The van der Waals surface area contributed by atoms with Gasteiger partial charge in [0, 0.05) is 10.9 Å². The Labute approximate surface area is 153 Å². The largest absolute Gasteiger partial charge is 0.490 e. The van der Waals surface area contributed by atoms with Gasteiger partial charge < -0.3 is 14.2 Å². The van der Waals surface area contributed by atoms with Crippen LogP contribution in [-0.2, 0) is 16.1 Å². The van der Waals surface area contributed by atoms with Crippen LogP contribution in [0.25, 0.3) is 0 Å². The highest BCUT2D eigenvalue weighted by Crippen LogP contribution is 2.22. The van der Waals surface area contributed by atoms with E-state index < -0.39 is 0 Å². The second kappa shape index (κ2) is 9.33. The summed E-state index contributed by atoms with van der Waals surface area (Å²) in [6.45, 7) is 4.38. The number of esters is 1. The zero-order valence-corrected chi connectivity index (χ0v) is 15.5. The molecule has 0 fully saturated rings. The summed E-state index contributed by atoms with van der Waals surface area (Å²) in [6.07, 6.45) is 0.236. The van der Waals surface area contributed by atoms with Crippen LogP contribution in [0.5, 0.6) is 11.5 Å². The molecule has 0 aliphatic heterocycles. The number of hydrogen-bond acceptors (Lipinski definition) is 4. The Morgan fingerprint density at radius 3 is 2.20 bits per heavy atom. The number of carbonyl (C=O) groups is 1. The summed E-state index contributed by atoms with van der Waals surface area (Å²) in [6, 6.07) is 15.0. The molecule has 0 saturated carbocycles. The van der Waals surface area contributed by atoms with Crippen LogP contribution in [0.15, 0.2) is 48.5 Å². The quantitative estimate of drug-likeness (QED) is 0.627. The van der Waals surface area contributed by atoms with E-state index in [4.69, 9.17) is 21.1 Å². The van der Waals surface area contributed by atoms with Crippen molar-refractivity contribution in [1.29, 1.82) is 0 Å². The van der Waals surface area contributed by atoms with Gasteiger partial charge in [0.1, 0.15) is 18.1 Å². The predicted molar refractivity (Wildman–Crippen MR) is 98.1 cm³/mol. The van der Waals surface area contributed by atoms with Gasteiger partial charge in [0.2, 0.25) is 0 Å². The molecule has 0 spiro atoms. The van der Waals surface area contributed by atoms with Gasteiger partial charge in [0.15, 0.2) is 0 Å². The first-order valence-corrected chi connectivity index (χ1v) is 8.56. The molecule has 0 amide bonds. The van der Waals surface area contributed by atoms with Crippen molar-refractivity contribution < 1.29 is 19.0 Å². The van der Waals surface area contributed by atoms with Gasteiger partial charge in [-0.2, -0.15) is 0 Å². The molecular formula is C20H23ClO4. The number of hydrogen-bond donors (Lipinski definition) is 0. The van der Waals surface area contributed by atoms with Gasteiger partial charge in [-0.15, -0.1) is 0 Å². The predicted octanol–water partition coefficient (Wildman–Crippen LogP) is 4.89. The molecule has 0 bridgehead atoms. The number of methoxy groups -OCH3 is 1. The second-order valence-electron chi connectivity index (χ2n) is 5.97. The summed E-state index contributed by atoms with van der Waals surface area (Å²) in [5.41, 5.74) is 1.05. The zero-order valence-electron chi connectivity index (χ0n) is 14.7. The van der Waals surface area contributed by atoms with Crippen LogP contribution in [-0.4, -0.2) is 19.2 Å². The Morgan fingerprint density at radius 1 is 1.00 bits per heavy atom. The molecule has 0 saturated heterocycles. The Hall–Kier alpha value is -2.20. The molecule has 5 heteroatoms. The van der Waals surface area contributed by atoms with Gasteiger partial charge in [-0.25, -0.2) is 0 Å². The summed E-state index contributed by atoms with van der Waals surface area (Å²) in [5, 5.41) is 0.709. The Balaban J connectivity index is 1.84. The van der Waals surface area contributed by atoms with Crippen molar-refractivity contribution in [2.75, 3.05) is 7.11 Å². The Morgan fingerprint density at radius 2 is 1.60 bits per heavy atom. The van der Waals surface area contributed by atoms with Crippen molar-refractivity contribution in [3.8, 4) is 11.5 Å². The van der Waals surface area contributed by atoms with Crippen molar-refractivity contribution in [3.05, 3.63) is 59.1 Å². The van der Waals surface area contributed by atoms with Crippen LogP contribution in [0.1, 0.15) is 25.8 Å². The molecule has 2 aromatic rings. The molecule has 2 atom stereocenters. The lowest BCUT2D eigenvalue weighted by Gasteiger charge is -2.20. The highest BCUT2D eigenvalue weighted by Gasteiger charge is 2.18. The minimum absolute atomic E-state index is 0.0632. The molecule has 0 heterocycles. The van der Waals surface area contributed by atoms with Gasteiger partial charge in [-0.1, -0.05) is 30.7 Å². The van der Waals surface area contributed by atoms with E-state index in [1.807, 2.05) is 62.4 Å². The number of ether oxygens (including phenoxy) is 3. The maximum absolute atomic E-state index is 11.3. The number of halogens is 1. The summed E-state index contributed by atoms with van der Waals surface area (Å²) in [7, 11) is 1.39. The standard InChI is InChI=1S/C20H23ClO4/c1-14(12-20(22)23-3)15(2)25-19-10-8-18(9-11-19)24-13-16-4-6-17(21)7-5-16/h4-11,14-15H,12-13H2,1-3H3. The summed E-state index contributed by atoms with van der Waals surface area (Å²) in [5.74, 6) is 1.34. The molecule has 2 aromatic carbocycles. The first-order chi connectivity index (χ1) is 12.0. The van der Waals surface area contributed by atoms with Crippen LogP contribution in [0.3, 0.4) is 0 Å². The van der Waals surface area contributed by atoms with Crippen molar-refractivity contribution >= 4 is 17.6 Å². The lowest BCUT2D eigenvalue weighted by atomic mass is 10.0. The van der Waals surface area contributed by atoms with Crippen LogP contribution >= 0.6 is 11.6 Å². The van der Waals surface area contributed by atoms with Crippen LogP contribution < -0.4 is 9.47 Å². The van der Waals surface area contributed by atoms with Crippen LogP contribution in [0.4, 0.5) is 0 Å². The molecule has 2 unspecified atom stereocenters. The van der Waals surface area contributed by atoms with E-state index in [2.05, 4.69) is 4.74 Å². The van der Waals surface area contributed by atoms with Gasteiger partial charge >= 0.3 is 5.97 Å². The van der Waals surface area contributed by atoms with Gasteiger partial charge in [0.05, 0.1) is 19.6 Å². The SMILES string of the molecule is COC(=O)CC(C)C(C)Oc1ccc(OCc2ccc(Cl)cc2)cc1. The molecular weight excluding hydrogens is 340 g/mol. The molecule has 0 aliphatic rings. The molecule has 0 aromatic heterocycles. The lowest BCUT2D eigenvalue weighted by Crippen LogP contribution is -2.24.